The van der Waals surface area contributed by atoms with Crippen LogP contribution in [0.1, 0.15) is 36.8 Å². The zero-order chi connectivity index (χ0) is 22.7. The monoisotopic (exact) mass is 447 g/mol. The Morgan fingerprint density at radius 2 is 1.78 bits per heavy atom. The van der Waals surface area contributed by atoms with E-state index in [1.54, 1.807) is 0 Å². The van der Waals surface area contributed by atoms with E-state index in [0.717, 1.165) is 24.5 Å². The molecule has 0 saturated heterocycles. The van der Waals surface area contributed by atoms with Crippen LogP contribution in [-0.2, 0) is 27.5 Å². The first-order valence-corrected chi connectivity index (χ1v) is 10.8. The van der Waals surface area contributed by atoms with Gasteiger partial charge in [0.15, 0.2) is 17.2 Å². The molecule has 2 aliphatic rings. The molecule has 1 amide bonds. The fourth-order valence-corrected chi connectivity index (χ4v) is 3.96. The van der Waals surface area contributed by atoms with Crippen molar-refractivity contribution in [2.45, 2.75) is 68.9 Å². The molecule has 2 saturated carbocycles. The standard InChI is InChI=1S/C24H27F2NO5/c25-18-8-4-7-16(21(18)26)14-31-20-12-24(11-19(28)22(20)29,23(30)27-17-9-10-17)32-13-15-5-2-1-3-6-15/h1-8,17,19-20,22,28-29H,9-14H2,(H,27,30)/t19-,20?,22-,24+/m1/s1. The molecule has 2 fully saturated rings. The number of aliphatic hydroxyl groups excluding tert-OH is 2. The van der Waals surface area contributed by atoms with Gasteiger partial charge in [-0.25, -0.2) is 8.78 Å². The lowest BCUT2D eigenvalue weighted by Crippen LogP contribution is -2.60. The minimum absolute atomic E-state index is 0.0181. The maximum Gasteiger partial charge on any atom is 0.252 e. The first-order valence-electron chi connectivity index (χ1n) is 10.8. The SMILES string of the molecule is O=C(NC1CC1)[C@@]1(OCc2ccccc2)CC(OCc2cccc(F)c2F)[C@H](O)[C@H](O)C1. The summed E-state index contributed by atoms with van der Waals surface area (Å²) in [7, 11) is 0. The summed E-state index contributed by atoms with van der Waals surface area (Å²) < 4.78 is 39.3. The highest BCUT2D eigenvalue weighted by molar-refractivity contribution is 5.86. The Bertz CT molecular complexity index is 939. The van der Waals surface area contributed by atoms with Crippen LogP contribution in [0.15, 0.2) is 48.5 Å². The van der Waals surface area contributed by atoms with Gasteiger partial charge in [-0.2, -0.15) is 0 Å². The number of rotatable bonds is 8. The molecular formula is C24H27F2NO5. The summed E-state index contributed by atoms with van der Waals surface area (Å²) in [6, 6.07) is 13.1. The van der Waals surface area contributed by atoms with Crippen LogP contribution in [0, 0.1) is 11.6 Å². The molecule has 0 heterocycles. The number of carbonyl (C=O) groups is 1. The highest BCUT2D eigenvalue weighted by atomic mass is 19.2. The van der Waals surface area contributed by atoms with Crippen LogP contribution in [0.5, 0.6) is 0 Å². The molecule has 4 rings (SSSR count). The molecule has 0 spiro atoms. The first-order chi connectivity index (χ1) is 15.4. The number of hydrogen-bond acceptors (Lipinski definition) is 5. The van der Waals surface area contributed by atoms with Gasteiger partial charge in [0.05, 0.1) is 25.4 Å². The van der Waals surface area contributed by atoms with Crippen molar-refractivity contribution in [2.75, 3.05) is 0 Å². The third-order valence-electron chi connectivity index (χ3n) is 6.01. The van der Waals surface area contributed by atoms with Crippen LogP contribution in [0.25, 0.3) is 0 Å². The number of ether oxygens (including phenoxy) is 2. The summed E-state index contributed by atoms with van der Waals surface area (Å²) in [5.41, 5.74) is -0.594. The predicted octanol–water partition coefficient (Wildman–Crippen LogP) is 2.60. The van der Waals surface area contributed by atoms with Crippen molar-refractivity contribution in [1.82, 2.24) is 5.32 Å². The average molecular weight is 447 g/mol. The molecule has 0 radical (unpaired) electrons. The normalized spacial score (nSPS) is 27.8. The fourth-order valence-electron chi connectivity index (χ4n) is 3.96. The summed E-state index contributed by atoms with van der Waals surface area (Å²) in [5, 5.41) is 24.0. The van der Waals surface area contributed by atoms with Crippen molar-refractivity contribution in [3.63, 3.8) is 0 Å². The molecule has 2 aromatic carbocycles. The fraction of sp³-hybridized carbons (Fsp3) is 0.458. The smallest absolute Gasteiger partial charge is 0.252 e. The Labute approximate surface area is 185 Å². The van der Waals surface area contributed by atoms with Crippen LogP contribution in [0.3, 0.4) is 0 Å². The maximum atomic E-state index is 14.0. The van der Waals surface area contributed by atoms with Gasteiger partial charge in [0.2, 0.25) is 0 Å². The maximum absolute atomic E-state index is 14.0. The molecule has 172 valence electrons. The third-order valence-corrected chi connectivity index (χ3v) is 6.01. The van der Waals surface area contributed by atoms with E-state index in [9.17, 15) is 23.8 Å². The van der Waals surface area contributed by atoms with Gasteiger partial charge in [0.1, 0.15) is 6.10 Å². The highest BCUT2D eigenvalue weighted by Crippen LogP contribution is 2.36. The second kappa shape index (κ2) is 9.62. The molecule has 1 unspecified atom stereocenters. The van der Waals surface area contributed by atoms with Crippen molar-refractivity contribution in [2.24, 2.45) is 0 Å². The topological polar surface area (TPSA) is 88.0 Å². The second-order valence-corrected chi connectivity index (χ2v) is 8.54. The van der Waals surface area contributed by atoms with Crippen LogP contribution in [-0.4, -0.2) is 46.1 Å². The van der Waals surface area contributed by atoms with Crippen molar-refractivity contribution in [3.8, 4) is 0 Å². The Hall–Kier alpha value is -2.39. The summed E-state index contributed by atoms with van der Waals surface area (Å²) in [6.07, 6.45) is -1.97. The van der Waals surface area contributed by atoms with Crippen molar-refractivity contribution in [1.29, 1.82) is 0 Å². The van der Waals surface area contributed by atoms with Gasteiger partial charge < -0.3 is 25.0 Å². The quantitative estimate of drug-likeness (QED) is 0.579. The molecule has 4 atom stereocenters. The lowest BCUT2D eigenvalue weighted by molar-refractivity contribution is -0.200. The van der Waals surface area contributed by atoms with Gasteiger partial charge in [-0.1, -0.05) is 42.5 Å². The molecule has 2 aromatic rings. The van der Waals surface area contributed by atoms with Gasteiger partial charge >= 0.3 is 0 Å². The van der Waals surface area contributed by atoms with Crippen LogP contribution >= 0.6 is 0 Å². The molecule has 0 aromatic heterocycles. The zero-order valence-corrected chi connectivity index (χ0v) is 17.5. The number of amides is 1. The van der Waals surface area contributed by atoms with E-state index < -0.39 is 35.5 Å². The van der Waals surface area contributed by atoms with Gasteiger partial charge in [-0.3, -0.25) is 4.79 Å². The number of carbonyl (C=O) groups excluding carboxylic acids is 1. The van der Waals surface area contributed by atoms with Gasteiger partial charge in [-0.05, 0) is 24.5 Å². The van der Waals surface area contributed by atoms with Gasteiger partial charge in [-0.15, -0.1) is 0 Å². The lowest BCUT2D eigenvalue weighted by atomic mass is 9.78. The average Bonchev–Trinajstić information content (AvgIpc) is 3.61. The lowest BCUT2D eigenvalue weighted by Gasteiger charge is -2.44. The molecule has 32 heavy (non-hydrogen) atoms. The molecule has 8 heteroatoms. The largest absolute Gasteiger partial charge is 0.390 e. The summed E-state index contributed by atoms with van der Waals surface area (Å²) in [6.45, 7) is -0.190. The van der Waals surface area contributed by atoms with Crippen molar-refractivity contribution >= 4 is 5.91 Å². The molecule has 3 N–H and O–H groups in total. The Balaban J connectivity index is 1.52. The number of hydrogen-bond donors (Lipinski definition) is 3. The molecule has 0 bridgehead atoms. The van der Waals surface area contributed by atoms with Gasteiger partial charge in [0.25, 0.3) is 5.91 Å². The van der Waals surface area contributed by atoms with E-state index in [2.05, 4.69) is 5.32 Å². The van der Waals surface area contributed by atoms with Gasteiger partial charge in [0, 0.05) is 24.4 Å². The minimum Gasteiger partial charge on any atom is -0.390 e. The minimum atomic E-state index is -1.43. The number of benzene rings is 2. The van der Waals surface area contributed by atoms with E-state index in [1.165, 1.54) is 12.1 Å². The Kier molecular flexibility index (Phi) is 6.85. The Morgan fingerprint density at radius 1 is 1.03 bits per heavy atom. The molecular weight excluding hydrogens is 420 g/mol. The summed E-state index contributed by atoms with van der Waals surface area (Å²) in [4.78, 5) is 13.2. The number of nitrogens with one attached hydrogen (secondary N) is 1. The molecule has 0 aliphatic heterocycles. The Morgan fingerprint density at radius 3 is 2.50 bits per heavy atom. The van der Waals surface area contributed by atoms with Crippen molar-refractivity contribution < 1.29 is 33.3 Å². The van der Waals surface area contributed by atoms with Crippen LogP contribution in [0.4, 0.5) is 8.78 Å². The second-order valence-electron chi connectivity index (χ2n) is 8.54. The molecule has 6 nitrogen and oxygen atoms in total. The molecule has 2 aliphatic carbocycles. The number of aliphatic hydroxyl groups is 2. The van der Waals surface area contributed by atoms with Crippen LogP contribution in [0.2, 0.25) is 0 Å². The zero-order valence-electron chi connectivity index (χ0n) is 17.5. The predicted molar refractivity (Wildman–Crippen MR) is 111 cm³/mol. The highest BCUT2D eigenvalue weighted by Gasteiger charge is 2.52. The summed E-state index contributed by atoms with van der Waals surface area (Å²) >= 11 is 0. The van der Waals surface area contributed by atoms with Crippen LogP contribution < -0.4 is 5.32 Å². The first kappa shape index (κ1) is 22.8. The number of halogens is 2. The van der Waals surface area contributed by atoms with E-state index in [1.807, 2.05) is 30.3 Å². The summed E-state index contributed by atoms with van der Waals surface area (Å²) in [5.74, 6) is -2.40. The third kappa shape index (κ3) is 5.15. The van der Waals surface area contributed by atoms with Crippen molar-refractivity contribution in [3.05, 3.63) is 71.3 Å². The van der Waals surface area contributed by atoms with E-state index in [-0.39, 0.29) is 43.6 Å². The van der Waals surface area contributed by atoms with E-state index >= 15 is 0 Å². The van der Waals surface area contributed by atoms with E-state index in [0.29, 0.717) is 0 Å². The van der Waals surface area contributed by atoms with E-state index in [4.69, 9.17) is 9.47 Å².